The molecule has 0 saturated carbocycles. The standard InChI is InChI=1S/C16H12N2/c1-18-16(17)15-10-11-6-2-3-7-12(11)13-8-4-5-9-14(13)15/h2-10,17H,1H2. The Morgan fingerprint density at radius 2 is 1.50 bits per heavy atom. The van der Waals surface area contributed by atoms with Gasteiger partial charge in [0.15, 0.2) is 5.84 Å². The van der Waals surface area contributed by atoms with E-state index < -0.39 is 0 Å². The van der Waals surface area contributed by atoms with Gasteiger partial charge in [0.05, 0.1) is 0 Å². The number of nitrogens with one attached hydrogen (secondary N) is 1. The molecule has 0 atom stereocenters. The number of fused-ring (bicyclic) bond motifs is 3. The first-order valence-corrected chi connectivity index (χ1v) is 5.77. The van der Waals surface area contributed by atoms with Crippen LogP contribution in [0.3, 0.4) is 0 Å². The zero-order chi connectivity index (χ0) is 12.5. The van der Waals surface area contributed by atoms with Crippen LogP contribution in [0.25, 0.3) is 21.5 Å². The van der Waals surface area contributed by atoms with E-state index in [1.54, 1.807) is 0 Å². The van der Waals surface area contributed by atoms with Crippen molar-refractivity contribution in [1.82, 2.24) is 0 Å². The highest BCUT2D eigenvalue weighted by Crippen LogP contribution is 2.28. The van der Waals surface area contributed by atoms with Crippen molar-refractivity contribution in [3.63, 3.8) is 0 Å². The monoisotopic (exact) mass is 232 g/mol. The zero-order valence-electron chi connectivity index (χ0n) is 9.85. The molecule has 0 spiro atoms. The summed E-state index contributed by atoms with van der Waals surface area (Å²) in [5.74, 6) is 0.219. The highest BCUT2D eigenvalue weighted by molar-refractivity contribution is 6.18. The van der Waals surface area contributed by atoms with Gasteiger partial charge in [-0.1, -0.05) is 48.5 Å². The van der Waals surface area contributed by atoms with E-state index in [4.69, 9.17) is 5.41 Å². The van der Waals surface area contributed by atoms with Crippen LogP contribution in [-0.2, 0) is 0 Å². The first kappa shape index (κ1) is 10.7. The zero-order valence-corrected chi connectivity index (χ0v) is 9.85. The second kappa shape index (κ2) is 4.08. The Balaban J connectivity index is 2.54. The second-order valence-electron chi connectivity index (χ2n) is 4.20. The van der Waals surface area contributed by atoms with Crippen LogP contribution in [0.4, 0.5) is 0 Å². The molecule has 0 aliphatic rings. The molecule has 3 aromatic carbocycles. The largest absolute Gasteiger partial charge is 0.282 e. The van der Waals surface area contributed by atoms with Crippen LogP contribution in [-0.4, -0.2) is 12.6 Å². The summed E-state index contributed by atoms with van der Waals surface area (Å²) < 4.78 is 0. The highest BCUT2D eigenvalue weighted by Gasteiger charge is 2.08. The Morgan fingerprint density at radius 1 is 0.889 bits per heavy atom. The Bertz CT molecular complexity index is 772. The molecule has 3 aromatic rings. The SMILES string of the molecule is C=NC(=N)c1cc2ccccc2c2ccccc12. The smallest absolute Gasteiger partial charge is 0.151 e. The van der Waals surface area contributed by atoms with Crippen LogP contribution in [0.15, 0.2) is 59.6 Å². The van der Waals surface area contributed by atoms with Crippen molar-refractivity contribution in [2.75, 3.05) is 0 Å². The molecule has 0 heterocycles. The maximum Gasteiger partial charge on any atom is 0.151 e. The van der Waals surface area contributed by atoms with Gasteiger partial charge in [0, 0.05) is 5.56 Å². The second-order valence-corrected chi connectivity index (χ2v) is 4.20. The summed E-state index contributed by atoms with van der Waals surface area (Å²) in [4.78, 5) is 3.75. The maximum atomic E-state index is 7.91. The van der Waals surface area contributed by atoms with Crippen LogP contribution in [0.5, 0.6) is 0 Å². The number of amidine groups is 1. The number of rotatable bonds is 1. The molecule has 0 saturated heterocycles. The van der Waals surface area contributed by atoms with Crippen molar-refractivity contribution in [2.45, 2.75) is 0 Å². The number of nitrogens with zero attached hydrogens (tertiary/aromatic N) is 1. The highest BCUT2D eigenvalue weighted by atomic mass is 14.8. The van der Waals surface area contributed by atoms with Crippen LogP contribution in [0, 0.1) is 5.41 Å². The molecule has 18 heavy (non-hydrogen) atoms. The molecule has 86 valence electrons. The van der Waals surface area contributed by atoms with Gasteiger partial charge in [0.1, 0.15) is 0 Å². The van der Waals surface area contributed by atoms with E-state index in [9.17, 15) is 0 Å². The van der Waals surface area contributed by atoms with E-state index in [2.05, 4.69) is 29.9 Å². The van der Waals surface area contributed by atoms with Crippen LogP contribution in [0.2, 0.25) is 0 Å². The topological polar surface area (TPSA) is 36.2 Å². The lowest BCUT2D eigenvalue weighted by Gasteiger charge is -2.08. The molecule has 3 rings (SSSR count). The van der Waals surface area contributed by atoms with Gasteiger partial charge in [-0.15, -0.1) is 0 Å². The quantitative estimate of drug-likeness (QED) is 0.374. The normalized spacial score (nSPS) is 10.7. The predicted octanol–water partition coefficient (Wildman–Crippen LogP) is 4.02. The number of benzene rings is 3. The Hall–Kier alpha value is -2.48. The third-order valence-electron chi connectivity index (χ3n) is 3.18. The molecule has 0 radical (unpaired) electrons. The third-order valence-corrected chi connectivity index (χ3v) is 3.18. The Kier molecular flexibility index (Phi) is 2.41. The lowest BCUT2D eigenvalue weighted by Crippen LogP contribution is -1.96. The Morgan fingerprint density at radius 3 is 2.22 bits per heavy atom. The molecule has 1 N–H and O–H groups in total. The molecule has 0 aliphatic heterocycles. The molecule has 2 heteroatoms. The Labute approximate surface area is 105 Å². The fourth-order valence-electron chi connectivity index (χ4n) is 2.34. The van der Waals surface area contributed by atoms with Crippen molar-refractivity contribution >= 4 is 34.1 Å². The molecular weight excluding hydrogens is 220 g/mol. The maximum absolute atomic E-state index is 7.91. The van der Waals surface area contributed by atoms with E-state index in [0.29, 0.717) is 0 Å². The summed E-state index contributed by atoms with van der Waals surface area (Å²) in [6, 6.07) is 18.3. The molecule has 0 aliphatic carbocycles. The summed E-state index contributed by atoms with van der Waals surface area (Å²) in [5, 5.41) is 12.4. The third kappa shape index (κ3) is 1.51. The van der Waals surface area contributed by atoms with Crippen molar-refractivity contribution in [2.24, 2.45) is 4.99 Å². The number of aliphatic imine (C=N–C) groups is 1. The lowest BCUT2D eigenvalue weighted by atomic mass is 9.97. The van der Waals surface area contributed by atoms with Gasteiger partial charge in [-0.2, -0.15) is 0 Å². The molecule has 2 nitrogen and oxygen atoms in total. The molecular formula is C16H12N2. The molecule has 0 bridgehead atoms. The summed E-state index contributed by atoms with van der Waals surface area (Å²) in [7, 11) is 0. The van der Waals surface area contributed by atoms with Gasteiger partial charge in [-0.25, -0.2) is 4.99 Å². The van der Waals surface area contributed by atoms with E-state index in [1.165, 1.54) is 5.39 Å². The van der Waals surface area contributed by atoms with Gasteiger partial charge in [-0.05, 0) is 34.3 Å². The lowest BCUT2D eigenvalue weighted by molar-refractivity contribution is 1.45. The average Bonchev–Trinajstić information content (AvgIpc) is 2.45. The van der Waals surface area contributed by atoms with Gasteiger partial charge >= 0.3 is 0 Å². The van der Waals surface area contributed by atoms with E-state index in [-0.39, 0.29) is 5.84 Å². The van der Waals surface area contributed by atoms with Gasteiger partial charge < -0.3 is 0 Å². The summed E-state index contributed by atoms with van der Waals surface area (Å²) in [5.41, 5.74) is 0.833. The fraction of sp³-hybridized carbons (Fsp3) is 0. The average molecular weight is 232 g/mol. The van der Waals surface area contributed by atoms with E-state index in [1.807, 2.05) is 36.4 Å². The van der Waals surface area contributed by atoms with Crippen molar-refractivity contribution < 1.29 is 0 Å². The predicted molar refractivity (Wildman–Crippen MR) is 77.8 cm³/mol. The van der Waals surface area contributed by atoms with Gasteiger partial charge in [-0.3, -0.25) is 5.41 Å². The van der Waals surface area contributed by atoms with Gasteiger partial charge in [0.2, 0.25) is 0 Å². The van der Waals surface area contributed by atoms with Crippen LogP contribution >= 0.6 is 0 Å². The summed E-state index contributed by atoms with van der Waals surface area (Å²) >= 11 is 0. The first-order valence-electron chi connectivity index (χ1n) is 5.77. The van der Waals surface area contributed by atoms with Crippen LogP contribution in [0.1, 0.15) is 5.56 Å². The van der Waals surface area contributed by atoms with E-state index in [0.717, 1.165) is 21.7 Å². The molecule has 0 unspecified atom stereocenters. The molecule has 0 aromatic heterocycles. The molecule has 0 fully saturated rings. The van der Waals surface area contributed by atoms with Crippen molar-refractivity contribution in [3.05, 3.63) is 60.2 Å². The first-order chi connectivity index (χ1) is 8.81. The number of hydrogen-bond donors (Lipinski definition) is 1. The van der Waals surface area contributed by atoms with Crippen molar-refractivity contribution in [3.8, 4) is 0 Å². The molecule has 0 amide bonds. The van der Waals surface area contributed by atoms with Crippen molar-refractivity contribution in [1.29, 1.82) is 5.41 Å². The minimum Gasteiger partial charge on any atom is -0.282 e. The summed E-state index contributed by atoms with van der Waals surface area (Å²) in [6.07, 6.45) is 0. The summed E-state index contributed by atoms with van der Waals surface area (Å²) in [6.45, 7) is 3.45. The van der Waals surface area contributed by atoms with Gasteiger partial charge in [0.25, 0.3) is 0 Å². The number of hydrogen-bond acceptors (Lipinski definition) is 1. The van der Waals surface area contributed by atoms with Crippen LogP contribution < -0.4 is 0 Å². The minimum atomic E-state index is 0.219. The minimum absolute atomic E-state index is 0.219. The van der Waals surface area contributed by atoms with E-state index >= 15 is 0 Å². The fourth-order valence-corrected chi connectivity index (χ4v) is 2.34.